The predicted octanol–water partition coefficient (Wildman–Crippen LogP) is 4.20. The quantitative estimate of drug-likeness (QED) is 0.864. The molecule has 1 nitrogen and oxygen atoms in total. The second-order valence-corrected chi connectivity index (χ2v) is 5.79. The second-order valence-electron chi connectivity index (χ2n) is 4.94. The summed E-state index contributed by atoms with van der Waals surface area (Å²) in [5.41, 5.74) is 0.759. The van der Waals surface area contributed by atoms with Crippen molar-refractivity contribution in [1.82, 2.24) is 0 Å². The van der Waals surface area contributed by atoms with Crippen molar-refractivity contribution < 1.29 is 9.50 Å². The average Bonchev–Trinajstić information content (AvgIpc) is 2.70. The molecule has 88 valence electrons. The molecule has 0 radical (unpaired) electrons. The molecule has 1 N–H and O–H groups in total. The van der Waals surface area contributed by atoms with Gasteiger partial charge < -0.3 is 5.11 Å². The molecular formula is C13H16BrFO. The SMILES string of the molecule is CC1(C(O)c2ccc(F)c(Br)c2)CCCC1. The molecule has 0 amide bonds. The molecule has 1 aliphatic rings. The molecule has 0 spiro atoms. The Bertz CT molecular complexity index is 386. The highest BCUT2D eigenvalue weighted by Crippen LogP contribution is 2.47. The van der Waals surface area contributed by atoms with E-state index in [0.717, 1.165) is 18.4 Å². The molecule has 0 aliphatic heterocycles. The Balaban J connectivity index is 2.26. The normalized spacial score (nSPS) is 21.0. The van der Waals surface area contributed by atoms with Crippen LogP contribution in [0.1, 0.15) is 44.3 Å². The summed E-state index contributed by atoms with van der Waals surface area (Å²) in [5, 5.41) is 10.4. The zero-order valence-corrected chi connectivity index (χ0v) is 10.9. The molecule has 2 rings (SSSR count). The van der Waals surface area contributed by atoms with Gasteiger partial charge in [0, 0.05) is 0 Å². The van der Waals surface area contributed by atoms with Crippen molar-refractivity contribution in [2.75, 3.05) is 0 Å². The summed E-state index contributed by atoms with van der Waals surface area (Å²) >= 11 is 3.15. The van der Waals surface area contributed by atoms with Crippen LogP contribution in [-0.2, 0) is 0 Å². The fourth-order valence-electron chi connectivity index (χ4n) is 2.54. The highest BCUT2D eigenvalue weighted by atomic mass is 79.9. The van der Waals surface area contributed by atoms with Crippen molar-refractivity contribution in [3.05, 3.63) is 34.1 Å². The summed E-state index contributed by atoms with van der Waals surface area (Å²) in [6.07, 6.45) is 3.95. The van der Waals surface area contributed by atoms with Gasteiger partial charge >= 0.3 is 0 Å². The summed E-state index contributed by atoms with van der Waals surface area (Å²) in [7, 11) is 0. The van der Waals surface area contributed by atoms with E-state index in [2.05, 4.69) is 22.9 Å². The third-order valence-corrected chi connectivity index (χ3v) is 4.27. The maximum atomic E-state index is 13.1. The van der Waals surface area contributed by atoms with E-state index in [-0.39, 0.29) is 11.2 Å². The third kappa shape index (κ3) is 2.16. The second kappa shape index (κ2) is 4.46. The van der Waals surface area contributed by atoms with Crippen LogP contribution < -0.4 is 0 Å². The number of hydrogen-bond donors (Lipinski definition) is 1. The molecule has 1 unspecified atom stereocenters. The van der Waals surface area contributed by atoms with Crippen LogP contribution in [0, 0.1) is 11.2 Å². The molecule has 0 saturated heterocycles. The van der Waals surface area contributed by atoms with Crippen LogP contribution in [0.3, 0.4) is 0 Å². The number of rotatable bonds is 2. The van der Waals surface area contributed by atoms with Crippen molar-refractivity contribution in [1.29, 1.82) is 0 Å². The van der Waals surface area contributed by atoms with Gasteiger partial charge in [0.2, 0.25) is 0 Å². The maximum absolute atomic E-state index is 13.1. The van der Waals surface area contributed by atoms with Gasteiger partial charge in [0.15, 0.2) is 0 Å². The highest BCUT2D eigenvalue weighted by molar-refractivity contribution is 9.10. The minimum absolute atomic E-state index is 0.0444. The van der Waals surface area contributed by atoms with Gasteiger partial charge in [0.25, 0.3) is 0 Å². The van der Waals surface area contributed by atoms with Crippen molar-refractivity contribution in [2.45, 2.75) is 38.7 Å². The summed E-state index contributed by atoms with van der Waals surface area (Å²) in [6.45, 7) is 2.11. The van der Waals surface area contributed by atoms with Crippen LogP contribution in [0.25, 0.3) is 0 Å². The minimum Gasteiger partial charge on any atom is -0.388 e. The van der Waals surface area contributed by atoms with Gasteiger partial charge in [0.05, 0.1) is 10.6 Å². The van der Waals surface area contributed by atoms with Gasteiger partial charge in [-0.3, -0.25) is 0 Å². The van der Waals surface area contributed by atoms with Gasteiger partial charge in [-0.15, -0.1) is 0 Å². The molecule has 0 heterocycles. The fourth-order valence-corrected chi connectivity index (χ4v) is 2.94. The lowest BCUT2D eigenvalue weighted by atomic mass is 9.79. The lowest BCUT2D eigenvalue weighted by Crippen LogP contribution is -2.22. The van der Waals surface area contributed by atoms with Gasteiger partial charge in [-0.1, -0.05) is 25.8 Å². The molecule has 16 heavy (non-hydrogen) atoms. The Labute approximate surface area is 104 Å². The standard InChI is InChI=1S/C13H16BrFO/c1-13(6-2-3-7-13)12(16)9-4-5-11(15)10(14)8-9/h4-5,8,12,16H,2-3,6-7H2,1H3. The lowest BCUT2D eigenvalue weighted by Gasteiger charge is -2.30. The van der Waals surface area contributed by atoms with E-state index >= 15 is 0 Å². The summed E-state index contributed by atoms with van der Waals surface area (Å²) in [6, 6.07) is 4.76. The largest absolute Gasteiger partial charge is 0.388 e. The van der Waals surface area contributed by atoms with Crippen molar-refractivity contribution >= 4 is 15.9 Å². The van der Waals surface area contributed by atoms with E-state index in [4.69, 9.17) is 0 Å². The third-order valence-electron chi connectivity index (χ3n) is 3.67. The Morgan fingerprint density at radius 2 is 2.00 bits per heavy atom. The van der Waals surface area contributed by atoms with Crippen LogP contribution >= 0.6 is 15.9 Å². The lowest BCUT2D eigenvalue weighted by molar-refractivity contribution is 0.0407. The Morgan fingerprint density at radius 1 is 1.38 bits per heavy atom. The van der Waals surface area contributed by atoms with Crippen LogP contribution in [0.15, 0.2) is 22.7 Å². The van der Waals surface area contributed by atoms with E-state index in [1.54, 1.807) is 12.1 Å². The zero-order chi connectivity index (χ0) is 11.8. The van der Waals surface area contributed by atoms with E-state index in [0.29, 0.717) is 4.47 Å². The predicted molar refractivity (Wildman–Crippen MR) is 65.6 cm³/mol. The molecule has 1 saturated carbocycles. The Hall–Kier alpha value is -0.410. The number of halogens is 2. The molecule has 3 heteroatoms. The number of aliphatic hydroxyl groups excluding tert-OH is 1. The van der Waals surface area contributed by atoms with Crippen molar-refractivity contribution in [2.24, 2.45) is 5.41 Å². The summed E-state index contributed by atoms with van der Waals surface area (Å²) in [4.78, 5) is 0. The smallest absolute Gasteiger partial charge is 0.137 e. The average molecular weight is 287 g/mol. The molecule has 1 atom stereocenters. The first-order valence-corrected chi connectivity index (χ1v) is 6.45. The Kier molecular flexibility index (Phi) is 3.36. The molecule has 1 aromatic rings. The number of aliphatic hydroxyl groups is 1. The zero-order valence-electron chi connectivity index (χ0n) is 9.34. The first-order valence-electron chi connectivity index (χ1n) is 5.66. The first kappa shape index (κ1) is 12.1. The van der Waals surface area contributed by atoms with E-state index in [1.807, 2.05) is 0 Å². The first-order chi connectivity index (χ1) is 7.53. The fraction of sp³-hybridized carbons (Fsp3) is 0.538. The molecule has 1 fully saturated rings. The topological polar surface area (TPSA) is 20.2 Å². The van der Waals surface area contributed by atoms with E-state index < -0.39 is 6.10 Å². The van der Waals surface area contributed by atoms with Gasteiger partial charge in [-0.25, -0.2) is 4.39 Å². The monoisotopic (exact) mass is 286 g/mol. The Morgan fingerprint density at radius 3 is 2.56 bits per heavy atom. The van der Waals surface area contributed by atoms with Gasteiger partial charge in [0.1, 0.15) is 5.82 Å². The van der Waals surface area contributed by atoms with Crippen molar-refractivity contribution in [3.8, 4) is 0 Å². The van der Waals surface area contributed by atoms with Crippen LogP contribution in [0.5, 0.6) is 0 Å². The van der Waals surface area contributed by atoms with Crippen LogP contribution in [0.4, 0.5) is 4.39 Å². The van der Waals surface area contributed by atoms with E-state index in [1.165, 1.54) is 18.9 Å². The maximum Gasteiger partial charge on any atom is 0.137 e. The molecule has 1 aromatic carbocycles. The van der Waals surface area contributed by atoms with Crippen LogP contribution in [0.2, 0.25) is 0 Å². The molecule has 0 bridgehead atoms. The van der Waals surface area contributed by atoms with Crippen molar-refractivity contribution in [3.63, 3.8) is 0 Å². The summed E-state index contributed by atoms with van der Waals surface area (Å²) in [5.74, 6) is -0.285. The number of hydrogen-bond acceptors (Lipinski definition) is 1. The summed E-state index contributed by atoms with van der Waals surface area (Å²) < 4.78 is 13.5. The van der Waals surface area contributed by atoms with Gasteiger partial charge in [-0.2, -0.15) is 0 Å². The number of benzene rings is 1. The highest BCUT2D eigenvalue weighted by Gasteiger charge is 2.36. The minimum atomic E-state index is -0.494. The molecular weight excluding hydrogens is 271 g/mol. The van der Waals surface area contributed by atoms with E-state index in [9.17, 15) is 9.50 Å². The molecule has 1 aliphatic carbocycles. The van der Waals surface area contributed by atoms with Gasteiger partial charge in [-0.05, 0) is 51.9 Å². The van der Waals surface area contributed by atoms with Crippen LogP contribution in [-0.4, -0.2) is 5.11 Å². The molecule has 0 aromatic heterocycles.